The largest absolute Gasteiger partial charge is 0.444 e. The Kier molecular flexibility index (Phi) is 7.35. The molecule has 2 amide bonds. The smallest absolute Gasteiger partial charge is 0.409 e. The molecule has 0 aromatic carbocycles. The van der Waals surface area contributed by atoms with Crippen LogP contribution in [-0.2, 0) is 9.47 Å². The molecule has 0 rings (SSSR count). The van der Waals surface area contributed by atoms with Gasteiger partial charge in [-0.15, -0.1) is 0 Å². The molecule has 0 aliphatic heterocycles. The first-order valence-corrected chi connectivity index (χ1v) is 7.72. The van der Waals surface area contributed by atoms with Gasteiger partial charge in [-0.05, 0) is 48.0 Å². The average molecular weight is 327 g/mol. The molecule has 0 heterocycles. The molecule has 0 spiro atoms. The summed E-state index contributed by atoms with van der Waals surface area (Å²) in [5, 5.41) is 14.3. The predicted molar refractivity (Wildman–Crippen MR) is 86.6 cm³/mol. The van der Waals surface area contributed by atoms with E-state index in [4.69, 9.17) is 14.7 Å². The van der Waals surface area contributed by atoms with Crippen LogP contribution < -0.4 is 10.6 Å². The summed E-state index contributed by atoms with van der Waals surface area (Å²) in [6, 6.07) is 1.99. The minimum atomic E-state index is -1.23. The van der Waals surface area contributed by atoms with E-state index in [1.165, 1.54) is 0 Å². The molecule has 7 nitrogen and oxygen atoms in total. The van der Waals surface area contributed by atoms with Gasteiger partial charge in [0.25, 0.3) is 0 Å². The van der Waals surface area contributed by atoms with Crippen molar-refractivity contribution in [2.75, 3.05) is 0 Å². The Bertz CT molecular complexity index is 425. The van der Waals surface area contributed by atoms with Crippen molar-refractivity contribution >= 4 is 12.2 Å². The summed E-state index contributed by atoms with van der Waals surface area (Å²) in [5.41, 5.74) is -2.59. The van der Waals surface area contributed by atoms with Crippen molar-refractivity contribution in [2.45, 2.75) is 84.6 Å². The average Bonchev–Trinajstić information content (AvgIpc) is 2.22. The van der Waals surface area contributed by atoms with Gasteiger partial charge in [0.2, 0.25) is 0 Å². The van der Waals surface area contributed by atoms with Gasteiger partial charge >= 0.3 is 12.2 Å². The highest BCUT2D eigenvalue weighted by Gasteiger charge is 2.36. The SMILES string of the molecule is CCCC(CC#N)(NC(=O)OC(C)(C)C)NC(=O)OC(C)(C)C. The van der Waals surface area contributed by atoms with Crippen LogP contribution >= 0.6 is 0 Å². The summed E-state index contributed by atoms with van der Waals surface area (Å²) >= 11 is 0. The zero-order valence-corrected chi connectivity index (χ0v) is 15.2. The van der Waals surface area contributed by atoms with Gasteiger partial charge in [-0.1, -0.05) is 13.3 Å². The minimum absolute atomic E-state index is 0.0979. The van der Waals surface area contributed by atoms with Gasteiger partial charge in [0.15, 0.2) is 0 Å². The topological polar surface area (TPSA) is 100 Å². The second-order valence-corrected chi connectivity index (χ2v) is 7.42. The quantitative estimate of drug-likeness (QED) is 0.753. The first-order chi connectivity index (χ1) is 10.3. The number of nitrogens with zero attached hydrogens (tertiary/aromatic N) is 1. The standard InChI is InChI=1S/C16H29N3O4/c1-8-9-16(10-11-17,18-12(20)22-14(2,3)4)19-13(21)23-15(5,6)7/h8-10H2,1-7H3,(H,18,20)(H,19,21). The van der Waals surface area contributed by atoms with Crippen molar-refractivity contribution < 1.29 is 19.1 Å². The molecule has 0 aromatic rings. The molecule has 0 aromatic heterocycles. The highest BCUT2D eigenvalue weighted by molar-refractivity contribution is 5.72. The number of ether oxygens (including phenoxy) is 2. The van der Waals surface area contributed by atoms with E-state index in [0.717, 1.165) is 0 Å². The van der Waals surface area contributed by atoms with E-state index in [2.05, 4.69) is 10.6 Å². The molecular formula is C16H29N3O4. The Morgan fingerprint density at radius 1 is 0.957 bits per heavy atom. The molecule has 0 bridgehead atoms. The van der Waals surface area contributed by atoms with E-state index in [-0.39, 0.29) is 6.42 Å². The fourth-order valence-electron chi connectivity index (χ4n) is 1.89. The number of nitriles is 1. The van der Waals surface area contributed by atoms with Crippen LogP contribution in [0.2, 0.25) is 0 Å². The Balaban J connectivity index is 5.19. The highest BCUT2D eigenvalue weighted by Crippen LogP contribution is 2.18. The summed E-state index contributed by atoms with van der Waals surface area (Å²) in [6.45, 7) is 12.3. The maximum absolute atomic E-state index is 12.1. The Morgan fingerprint density at radius 2 is 1.35 bits per heavy atom. The molecule has 2 N–H and O–H groups in total. The van der Waals surface area contributed by atoms with Crippen LogP contribution in [0.4, 0.5) is 9.59 Å². The van der Waals surface area contributed by atoms with E-state index in [1.54, 1.807) is 41.5 Å². The van der Waals surface area contributed by atoms with Gasteiger partial charge in [0.1, 0.15) is 16.9 Å². The van der Waals surface area contributed by atoms with E-state index in [9.17, 15) is 9.59 Å². The van der Waals surface area contributed by atoms with Crippen molar-refractivity contribution in [2.24, 2.45) is 0 Å². The molecule has 0 unspecified atom stereocenters. The summed E-state index contributed by atoms with van der Waals surface area (Å²) in [4.78, 5) is 24.1. The van der Waals surface area contributed by atoms with E-state index in [1.807, 2.05) is 13.0 Å². The normalized spacial score (nSPS) is 12.1. The first-order valence-electron chi connectivity index (χ1n) is 7.72. The minimum Gasteiger partial charge on any atom is -0.444 e. The van der Waals surface area contributed by atoms with Crippen LogP contribution in [0.5, 0.6) is 0 Å². The van der Waals surface area contributed by atoms with Crippen molar-refractivity contribution in [1.82, 2.24) is 10.6 Å². The molecule has 7 heteroatoms. The van der Waals surface area contributed by atoms with Gasteiger partial charge in [-0.25, -0.2) is 9.59 Å². The fourth-order valence-corrected chi connectivity index (χ4v) is 1.89. The molecule has 0 aliphatic carbocycles. The number of amides is 2. The van der Waals surface area contributed by atoms with Crippen LogP contribution in [0.1, 0.15) is 67.7 Å². The van der Waals surface area contributed by atoms with Gasteiger partial charge < -0.3 is 9.47 Å². The second-order valence-electron chi connectivity index (χ2n) is 7.42. The number of carbonyl (C=O) groups excluding carboxylic acids is 2. The molecule has 0 saturated heterocycles. The first kappa shape index (κ1) is 21.0. The van der Waals surface area contributed by atoms with Crippen LogP contribution in [0.25, 0.3) is 0 Å². The summed E-state index contributed by atoms with van der Waals surface area (Å²) in [6.07, 6.45) is -0.472. The Hall–Kier alpha value is -1.97. The molecule has 0 aliphatic rings. The monoisotopic (exact) mass is 327 g/mol. The lowest BCUT2D eigenvalue weighted by atomic mass is 10.0. The summed E-state index contributed by atoms with van der Waals surface area (Å²) in [7, 11) is 0. The van der Waals surface area contributed by atoms with E-state index >= 15 is 0 Å². The number of carbonyl (C=O) groups is 2. The number of rotatable bonds is 5. The zero-order chi connectivity index (χ0) is 18.3. The van der Waals surface area contributed by atoms with Crippen molar-refractivity contribution in [1.29, 1.82) is 5.26 Å². The highest BCUT2D eigenvalue weighted by atomic mass is 16.6. The fraction of sp³-hybridized carbons (Fsp3) is 0.812. The molecule has 0 fully saturated rings. The Labute approximate surface area is 138 Å². The lowest BCUT2D eigenvalue weighted by Gasteiger charge is -2.35. The van der Waals surface area contributed by atoms with E-state index < -0.39 is 29.1 Å². The van der Waals surface area contributed by atoms with Gasteiger partial charge in [0, 0.05) is 0 Å². The van der Waals surface area contributed by atoms with Gasteiger partial charge in [-0.2, -0.15) is 5.26 Å². The third kappa shape index (κ3) is 9.61. The second kappa shape index (κ2) is 8.04. The predicted octanol–water partition coefficient (Wildman–Crippen LogP) is 3.45. The third-order valence-electron chi connectivity index (χ3n) is 2.54. The molecule has 0 atom stereocenters. The van der Waals surface area contributed by atoms with Gasteiger partial charge in [-0.3, -0.25) is 10.6 Å². The molecule has 0 saturated carbocycles. The third-order valence-corrected chi connectivity index (χ3v) is 2.54. The number of hydrogen-bond acceptors (Lipinski definition) is 5. The number of hydrogen-bond donors (Lipinski definition) is 2. The maximum atomic E-state index is 12.1. The molecule has 23 heavy (non-hydrogen) atoms. The molecular weight excluding hydrogens is 298 g/mol. The number of alkyl carbamates (subject to hydrolysis) is 2. The summed E-state index contributed by atoms with van der Waals surface area (Å²) in [5.74, 6) is 0. The maximum Gasteiger partial charge on any atom is 0.409 e. The van der Waals surface area contributed by atoms with Crippen LogP contribution in [0, 0.1) is 11.3 Å². The Morgan fingerprint density at radius 3 is 1.61 bits per heavy atom. The van der Waals surface area contributed by atoms with Crippen molar-refractivity contribution in [3.8, 4) is 6.07 Å². The molecule has 0 radical (unpaired) electrons. The van der Waals surface area contributed by atoms with Crippen LogP contribution in [0.15, 0.2) is 0 Å². The van der Waals surface area contributed by atoms with Crippen LogP contribution in [-0.4, -0.2) is 29.1 Å². The number of nitrogens with one attached hydrogen (secondary N) is 2. The lowest BCUT2D eigenvalue weighted by Crippen LogP contribution is -2.61. The zero-order valence-electron chi connectivity index (χ0n) is 15.2. The summed E-state index contributed by atoms with van der Waals surface area (Å²) < 4.78 is 10.4. The van der Waals surface area contributed by atoms with Gasteiger partial charge in [0.05, 0.1) is 12.5 Å². The van der Waals surface area contributed by atoms with Crippen LogP contribution in [0.3, 0.4) is 0 Å². The van der Waals surface area contributed by atoms with E-state index in [0.29, 0.717) is 12.8 Å². The van der Waals surface area contributed by atoms with Crippen molar-refractivity contribution in [3.63, 3.8) is 0 Å². The van der Waals surface area contributed by atoms with Crippen molar-refractivity contribution in [3.05, 3.63) is 0 Å². The lowest BCUT2D eigenvalue weighted by molar-refractivity contribution is 0.0315. The molecule has 132 valence electrons.